The third-order valence-corrected chi connectivity index (χ3v) is 5.43. The van der Waals surface area contributed by atoms with E-state index in [4.69, 9.17) is 16.3 Å². The lowest BCUT2D eigenvalue weighted by molar-refractivity contribution is -0.115. The number of β-amino-alcohol motifs (C(OH)–C–C–N with tert-alkyl or cyclic N) is 1. The number of benzene rings is 2. The molecule has 1 fully saturated rings. The number of anilines is 2. The Morgan fingerprint density at radius 3 is 2.61 bits per heavy atom. The first-order valence-corrected chi connectivity index (χ1v) is 9.91. The molecular formula is C21H24ClN3O3. The Kier molecular flexibility index (Phi) is 5.71. The first kappa shape index (κ1) is 19.1. The van der Waals surface area contributed by atoms with Crippen LogP contribution in [0.25, 0.3) is 0 Å². The first-order valence-electron chi connectivity index (χ1n) is 9.53. The number of aliphatic hydroxyl groups is 1. The van der Waals surface area contributed by atoms with Crippen LogP contribution in [0.2, 0.25) is 5.02 Å². The van der Waals surface area contributed by atoms with Crippen LogP contribution in [0.4, 0.5) is 11.4 Å². The molecule has 148 valence electrons. The molecular weight excluding hydrogens is 378 g/mol. The van der Waals surface area contributed by atoms with E-state index >= 15 is 0 Å². The summed E-state index contributed by atoms with van der Waals surface area (Å²) in [6.07, 6.45) is -0.178. The fraction of sp³-hybridized carbons (Fsp3) is 0.381. The molecule has 2 aromatic rings. The molecule has 1 saturated heterocycles. The second-order valence-electron chi connectivity index (χ2n) is 7.27. The number of nitrogens with one attached hydrogen (secondary N) is 1. The van der Waals surface area contributed by atoms with E-state index in [1.54, 1.807) is 0 Å². The van der Waals surface area contributed by atoms with Gasteiger partial charge in [0.05, 0.1) is 6.42 Å². The summed E-state index contributed by atoms with van der Waals surface area (Å²) < 4.78 is 5.73. The molecule has 0 aliphatic carbocycles. The highest BCUT2D eigenvalue weighted by atomic mass is 35.5. The van der Waals surface area contributed by atoms with Crippen LogP contribution in [0, 0.1) is 0 Å². The Bertz CT molecular complexity index is 835. The molecule has 0 unspecified atom stereocenters. The molecule has 2 aromatic carbocycles. The summed E-state index contributed by atoms with van der Waals surface area (Å²) in [5.41, 5.74) is 2.96. The summed E-state index contributed by atoms with van der Waals surface area (Å²) in [4.78, 5) is 16.0. The van der Waals surface area contributed by atoms with Gasteiger partial charge in [0, 0.05) is 49.1 Å². The first-order chi connectivity index (χ1) is 13.6. The van der Waals surface area contributed by atoms with Gasteiger partial charge in [-0.25, -0.2) is 0 Å². The minimum Gasteiger partial charge on any atom is -0.491 e. The molecule has 28 heavy (non-hydrogen) atoms. The summed E-state index contributed by atoms with van der Waals surface area (Å²) in [6, 6.07) is 13.4. The van der Waals surface area contributed by atoms with Gasteiger partial charge in [0.1, 0.15) is 18.5 Å². The van der Waals surface area contributed by atoms with E-state index in [1.165, 1.54) is 5.69 Å². The average Bonchev–Trinajstić information content (AvgIpc) is 3.07. The summed E-state index contributed by atoms with van der Waals surface area (Å²) >= 11 is 5.95. The highest BCUT2D eigenvalue weighted by molar-refractivity contribution is 6.30. The predicted octanol–water partition coefficient (Wildman–Crippen LogP) is 2.40. The third kappa shape index (κ3) is 4.58. The maximum absolute atomic E-state index is 11.4. The molecule has 2 aliphatic heterocycles. The van der Waals surface area contributed by atoms with Crippen molar-refractivity contribution in [1.82, 2.24) is 4.90 Å². The summed E-state index contributed by atoms with van der Waals surface area (Å²) in [5.74, 6) is 0.687. The van der Waals surface area contributed by atoms with E-state index in [9.17, 15) is 9.90 Å². The number of ether oxygens (including phenoxy) is 1. The molecule has 1 atom stereocenters. The quantitative estimate of drug-likeness (QED) is 0.778. The second-order valence-corrected chi connectivity index (χ2v) is 7.71. The normalized spacial score (nSPS) is 17.9. The number of hydrogen-bond acceptors (Lipinski definition) is 5. The van der Waals surface area contributed by atoms with E-state index in [1.807, 2.05) is 42.5 Å². The van der Waals surface area contributed by atoms with E-state index < -0.39 is 6.10 Å². The van der Waals surface area contributed by atoms with Gasteiger partial charge in [-0.05, 0) is 48.0 Å². The molecule has 7 heteroatoms. The van der Waals surface area contributed by atoms with Gasteiger partial charge >= 0.3 is 0 Å². The number of aliphatic hydroxyl groups excluding tert-OH is 1. The Hall–Kier alpha value is -2.28. The lowest BCUT2D eigenvalue weighted by Crippen LogP contribution is -2.49. The van der Waals surface area contributed by atoms with Crippen molar-refractivity contribution in [3.05, 3.63) is 53.1 Å². The molecule has 0 radical (unpaired) electrons. The van der Waals surface area contributed by atoms with Crippen molar-refractivity contribution in [3.8, 4) is 5.75 Å². The highest BCUT2D eigenvalue weighted by Crippen LogP contribution is 2.27. The maximum Gasteiger partial charge on any atom is 0.228 e. The number of rotatable bonds is 6. The van der Waals surface area contributed by atoms with E-state index in [-0.39, 0.29) is 12.5 Å². The van der Waals surface area contributed by atoms with Crippen molar-refractivity contribution >= 4 is 28.9 Å². The molecule has 0 bridgehead atoms. The zero-order valence-corrected chi connectivity index (χ0v) is 16.4. The Labute approximate surface area is 169 Å². The van der Waals surface area contributed by atoms with Crippen molar-refractivity contribution < 1.29 is 14.6 Å². The number of piperazine rings is 1. The van der Waals surface area contributed by atoms with Gasteiger partial charge in [-0.2, -0.15) is 0 Å². The van der Waals surface area contributed by atoms with Crippen LogP contribution >= 0.6 is 11.6 Å². The standard InChI is InChI=1S/C21H24ClN3O3/c22-16-1-3-17(4-2-16)25-9-7-24(8-10-25)13-18(26)14-28-19-5-6-20-15(11-19)12-21(27)23-20/h1-6,11,18,26H,7-10,12-14H2,(H,23,27)/t18-/m0/s1. The zero-order chi connectivity index (χ0) is 19.5. The van der Waals surface area contributed by atoms with Crippen molar-refractivity contribution in [2.24, 2.45) is 0 Å². The van der Waals surface area contributed by atoms with Gasteiger partial charge in [-0.15, -0.1) is 0 Å². The topological polar surface area (TPSA) is 65.0 Å². The van der Waals surface area contributed by atoms with Gasteiger partial charge in [0.25, 0.3) is 0 Å². The smallest absolute Gasteiger partial charge is 0.228 e. The summed E-state index contributed by atoms with van der Waals surface area (Å²) in [5, 5.41) is 13.9. The van der Waals surface area contributed by atoms with E-state index in [0.29, 0.717) is 18.7 Å². The van der Waals surface area contributed by atoms with Crippen LogP contribution in [0.5, 0.6) is 5.75 Å². The lowest BCUT2D eigenvalue weighted by Gasteiger charge is -2.36. The Balaban J connectivity index is 1.22. The number of fused-ring (bicyclic) bond motifs is 1. The van der Waals surface area contributed by atoms with Gasteiger partial charge in [-0.1, -0.05) is 11.6 Å². The number of nitrogens with zero attached hydrogens (tertiary/aromatic N) is 2. The van der Waals surface area contributed by atoms with Crippen LogP contribution in [-0.2, 0) is 11.2 Å². The van der Waals surface area contributed by atoms with Crippen molar-refractivity contribution in [3.63, 3.8) is 0 Å². The molecule has 2 heterocycles. The van der Waals surface area contributed by atoms with Gasteiger partial charge < -0.3 is 20.1 Å². The number of amides is 1. The fourth-order valence-corrected chi connectivity index (χ4v) is 3.81. The monoisotopic (exact) mass is 401 g/mol. The van der Waals surface area contributed by atoms with Crippen LogP contribution < -0.4 is 15.0 Å². The molecule has 0 spiro atoms. The molecule has 0 aromatic heterocycles. The third-order valence-electron chi connectivity index (χ3n) is 5.18. The Morgan fingerprint density at radius 2 is 1.86 bits per heavy atom. The minimum atomic E-state index is -0.560. The van der Waals surface area contributed by atoms with Crippen LogP contribution in [-0.4, -0.2) is 61.3 Å². The van der Waals surface area contributed by atoms with Gasteiger partial charge in [-0.3, -0.25) is 9.69 Å². The molecule has 4 rings (SSSR count). The molecule has 2 aliphatic rings. The second kappa shape index (κ2) is 8.39. The van der Waals surface area contributed by atoms with E-state index in [2.05, 4.69) is 15.1 Å². The van der Waals surface area contributed by atoms with E-state index in [0.717, 1.165) is 42.5 Å². The number of carbonyl (C=O) groups is 1. The average molecular weight is 402 g/mol. The summed E-state index contributed by atoms with van der Waals surface area (Å²) in [6.45, 7) is 4.44. The lowest BCUT2D eigenvalue weighted by atomic mass is 10.1. The highest BCUT2D eigenvalue weighted by Gasteiger charge is 2.21. The number of carbonyl (C=O) groups excluding carboxylic acids is 1. The largest absolute Gasteiger partial charge is 0.491 e. The fourth-order valence-electron chi connectivity index (χ4n) is 3.68. The molecule has 2 N–H and O–H groups in total. The molecule has 0 saturated carbocycles. The Morgan fingerprint density at radius 1 is 1.11 bits per heavy atom. The van der Waals surface area contributed by atoms with Crippen LogP contribution in [0.15, 0.2) is 42.5 Å². The van der Waals surface area contributed by atoms with Crippen LogP contribution in [0.1, 0.15) is 5.56 Å². The number of hydrogen-bond donors (Lipinski definition) is 2. The maximum atomic E-state index is 11.4. The summed E-state index contributed by atoms with van der Waals surface area (Å²) in [7, 11) is 0. The predicted molar refractivity (Wildman–Crippen MR) is 110 cm³/mol. The zero-order valence-electron chi connectivity index (χ0n) is 15.6. The van der Waals surface area contributed by atoms with Gasteiger partial charge in [0.2, 0.25) is 5.91 Å². The van der Waals surface area contributed by atoms with Crippen molar-refractivity contribution in [2.45, 2.75) is 12.5 Å². The SMILES string of the molecule is O=C1Cc2cc(OC[C@@H](O)CN3CCN(c4ccc(Cl)cc4)CC3)ccc2N1. The molecule has 6 nitrogen and oxygen atoms in total. The number of halogens is 1. The van der Waals surface area contributed by atoms with Crippen molar-refractivity contribution in [2.75, 3.05) is 49.5 Å². The minimum absolute atomic E-state index is 0.00456. The van der Waals surface area contributed by atoms with Crippen molar-refractivity contribution in [1.29, 1.82) is 0 Å². The molecule has 1 amide bonds. The van der Waals surface area contributed by atoms with Gasteiger partial charge in [0.15, 0.2) is 0 Å². The van der Waals surface area contributed by atoms with Crippen LogP contribution in [0.3, 0.4) is 0 Å².